The van der Waals surface area contributed by atoms with Crippen molar-refractivity contribution in [2.75, 3.05) is 26.4 Å². The van der Waals surface area contributed by atoms with E-state index in [1.165, 1.54) is 6.92 Å². The van der Waals surface area contributed by atoms with Crippen LogP contribution < -0.4 is 10.6 Å². The predicted octanol–water partition coefficient (Wildman–Crippen LogP) is -0.662. The molecule has 19 heavy (non-hydrogen) atoms. The molecule has 0 bridgehead atoms. The Labute approximate surface area is 110 Å². The van der Waals surface area contributed by atoms with Gasteiger partial charge in [0.25, 0.3) is 0 Å². The molecular weight excluding hydrogens is 256 g/mol. The van der Waals surface area contributed by atoms with E-state index in [9.17, 15) is 14.4 Å². The van der Waals surface area contributed by atoms with E-state index in [-0.39, 0.29) is 26.4 Å². The number of carboxylic acid groups (broad SMARTS) is 1. The Hall–Kier alpha value is -1.83. The summed E-state index contributed by atoms with van der Waals surface area (Å²) in [7, 11) is 0. The van der Waals surface area contributed by atoms with Crippen LogP contribution in [-0.4, -0.2) is 55.5 Å². The van der Waals surface area contributed by atoms with E-state index >= 15 is 0 Å². The van der Waals surface area contributed by atoms with Crippen molar-refractivity contribution >= 4 is 18.0 Å². The lowest BCUT2D eigenvalue weighted by Crippen LogP contribution is -2.53. The van der Waals surface area contributed by atoms with Gasteiger partial charge in [-0.25, -0.2) is 4.79 Å². The van der Waals surface area contributed by atoms with Crippen molar-refractivity contribution < 1.29 is 29.0 Å². The maximum absolute atomic E-state index is 11.5. The van der Waals surface area contributed by atoms with Crippen LogP contribution >= 0.6 is 0 Å². The summed E-state index contributed by atoms with van der Waals surface area (Å²) in [5, 5.41) is 13.9. The Morgan fingerprint density at radius 2 is 2.16 bits per heavy atom. The van der Waals surface area contributed by atoms with Crippen LogP contribution in [0.2, 0.25) is 0 Å². The summed E-state index contributed by atoms with van der Waals surface area (Å²) in [5.41, 5.74) is -1.17. The topological polar surface area (TPSA) is 114 Å². The number of hydrogen-bond acceptors (Lipinski definition) is 5. The fourth-order valence-corrected chi connectivity index (χ4v) is 1.66. The summed E-state index contributed by atoms with van der Waals surface area (Å²) in [5.74, 6) is -1.60. The number of hydrogen-bond donors (Lipinski definition) is 3. The molecule has 8 nitrogen and oxygen atoms in total. The summed E-state index contributed by atoms with van der Waals surface area (Å²) in [6.45, 7) is 3.28. The number of carbonyl (C=O) groups is 3. The number of amides is 2. The van der Waals surface area contributed by atoms with Crippen LogP contribution in [0.25, 0.3) is 0 Å². The molecule has 1 saturated heterocycles. The monoisotopic (exact) mass is 274 g/mol. The molecule has 1 aliphatic rings. The summed E-state index contributed by atoms with van der Waals surface area (Å²) >= 11 is 0. The van der Waals surface area contributed by atoms with Gasteiger partial charge < -0.3 is 25.2 Å². The van der Waals surface area contributed by atoms with E-state index in [1.807, 2.05) is 0 Å². The highest BCUT2D eigenvalue weighted by Gasteiger charge is 2.47. The molecule has 3 N–H and O–H groups in total. The maximum atomic E-state index is 11.5. The standard InChI is InChI=1S/C11H18N2O6/c1-3-19-8(14)4-12-10(17)13-7-5-18-6-11(7,2)9(15)16/h7H,3-6H2,1-2H3,(H,15,16)(H2,12,13,17). The first-order valence-corrected chi connectivity index (χ1v) is 5.91. The lowest BCUT2D eigenvalue weighted by molar-refractivity contribution is -0.148. The second-order valence-corrected chi connectivity index (χ2v) is 4.42. The molecule has 0 spiro atoms. The molecule has 1 heterocycles. The van der Waals surface area contributed by atoms with Crippen molar-refractivity contribution in [2.24, 2.45) is 5.41 Å². The Balaban J connectivity index is 2.44. The Kier molecular flexibility index (Phi) is 5.11. The van der Waals surface area contributed by atoms with Crippen molar-refractivity contribution in [2.45, 2.75) is 19.9 Å². The molecule has 0 aromatic carbocycles. The van der Waals surface area contributed by atoms with Crippen LogP contribution in [0.4, 0.5) is 4.79 Å². The van der Waals surface area contributed by atoms with Gasteiger partial charge in [-0.1, -0.05) is 0 Å². The molecule has 1 rings (SSSR count). The first-order valence-electron chi connectivity index (χ1n) is 5.91. The Bertz CT molecular complexity index is 372. The second-order valence-electron chi connectivity index (χ2n) is 4.42. The van der Waals surface area contributed by atoms with Gasteiger partial charge in [0, 0.05) is 0 Å². The SMILES string of the molecule is CCOC(=O)CNC(=O)NC1COCC1(C)C(=O)O. The number of rotatable bonds is 5. The maximum Gasteiger partial charge on any atom is 0.325 e. The van der Waals surface area contributed by atoms with Crippen LogP contribution in [0.15, 0.2) is 0 Å². The van der Waals surface area contributed by atoms with Crippen LogP contribution in [-0.2, 0) is 19.1 Å². The van der Waals surface area contributed by atoms with E-state index in [0.717, 1.165) is 0 Å². The Morgan fingerprint density at radius 1 is 1.47 bits per heavy atom. The summed E-state index contributed by atoms with van der Waals surface area (Å²) < 4.78 is 9.73. The third-order valence-corrected chi connectivity index (χ3v) is 2.95. The van der Waals surface area contributed by atoms with E-state index in [0.29, 0.717) is 0 Å². The van der Waals surface area contributed by atoms with Gasteiger partial charge >= 0.3 is 18.0 Å². The molecule has 0 aromatic heterocycles. The molecule has 108 valence electrons. The van der Waals surface area contributed by atoms with Crippen molar-refractivity contribution in [3.05, 3.63) is 0 Å². The Morgan fingerprint density at radius 3 is 2.74 bits per heavy atom. The van der Waals surface area contributed by atoms with E-state index in [1.54, 1.807) is 6.92 Å². The highest BCUT2D eigenvalue weighted by molar-refractivity contribution is 5.82. The molecular formula is C11H18N2O6. The zero-order valence-corrected chi connectivity index (χ0v) is 10.9. The molecule has 2 atom stereocenters. The van der Waals surface area contributed by atoms with Crippen LogP contribution in [0.3, 0.4) is 0 Å². The smallest absolute Gasteiger partial charge is 0.325 e. The number of urea groups is 1. The molecule has 0 saturated carbocycles. The van der Waals surface area contributed by atoms with Gasteiger partial charge in [0.1, 0.15) is 12.0 Å². The largest absolute Gasteiger partial charge is 0.481 e. The molecule has 0 aliphatic carbocycles. The first kappa shape index (κ1) is 15.2. The summed E-state index contributed by atoms with van der Waals surface area (Å²) in [6.07, 6.45) is 0. The molecule has 2 amide bonds. The van der Waals surface area contributed by atoms with Crippen LogP contribution in [0.1, 0.15) is 13.8 Å². The lowest BCUT2D eigenvalue weighted by Gasteiger charge is -2.25. The highest BCUT2D eigenvalue weighted by atomic mass is 16.5. The fourth-order valence-electron chi connectivity index (χ4n) is 1.66. The third-order valence-electron chi connectivity index (χ3n) is 2.95. The van der Waals surface area contributed by atoms with Crippen LogP contribution in [0.5, 0.6) is 0 Å². The van der Waals surface area contributed by atoms with Gasteiger partial charge in [-0.2, -0.15) is 0 Å². The highest BCUT2D eigenvalue weighted by Crippen LogP contribution is 2.28. The zero-order chi connectivity index (χ0) is 14.5. The molecule has 8 heteroatoms. The number of nitrogens with one attached hydrogen (secondary N) is 2. The average Bonchev–Trinajstić information content (AvgIpc) is 2.70. The van der Waals surface area contributed by atoms with Gasteiger partial charge in [-0.05, 0) is 13.8 Å². The molecule has 0 aromatic rings. The first-order chi connectivity index (χ1) is 8.90. The minimum atomic E-state index is -1.17. The second kappa shape index (κ2) is 6.37. The number of aliphatic carboxylic acids is 1. The molecule has 0 radical (unpaired) electrons. The van der Waals surface area contributed by atoms with E-state index in [4.69, 9.17) is 9.84 Å². The molecule has 2 unspecified atom stereocenters. The van der Waals surface area contributed by atoms with Gasteiger partial charge in [0.05, 0.1) is 25.9 Å². The number of esters is 1. The van der Waals surface area contributed by atoms with Crippen molar-refractivity contribution in [3.8, 4) is 0 Å². The van der Waals surface area contributed by atoms with Crippen molar-refractivity contribution in [3.63, 3.8) is 0 Å². The van der Waals surface area contributed by atoms with Gasteiger partial charge in [-0.15, -0.1) is 0 Å². The summed E-state index contributed by atoms with van der Waals surface area (Å²) in [6, 6.07) is -1.27. The van der Waals surface area contributed by atoms with E-state index in [2.05, 4.69) is 15.4 Å². The molecule has 1 aliphatic heterocycles. The van der Waals surface area contributed by atoms with Crippen LogP contribution in [0, 0.1) is 5.41 Å². The van der Waals surface area contributed by atoms with Gasteiger partial charge in [-0.3, -0.25) is 9.59 Å². The minimum Gasteiger partial charge on any atom is -0.481 e. The third kappa shape index (κ3) is 3.82. The fraction of sp³-hybridized carbons (Fsp3) is 0.727. The summed E-state index contributed by atoms with van der Waals surface area (Å²) in [4.78, 5) is 33.7. The quantitative estimate of drug-likeness (QED) is 0.573. The van der Waals surface area contributed by atoms with Crippen molar-refractivity contribution in [1.29, 1.82) is 0 Å². The van der Waals surface area contributed by atoms with Gasteiger partial charge in [0.2, 0.25) is 0 Å². The van der Waals surface area contributed by atoms with E-state index < -0.39 is 29.4 Å². The normalized spacial score (nSPS) is 25.7. The predicted molar refractivity (Wildman–Crippen MR) is 63.5 cm³/mol. The number of carboxylic acids is 1. The molecule has 1 fully saturated rings. The van der Waals surface area contributed by atoms with Gasteiger partial charge in [0.15, 0.2) is 0 Å². The number of ether oxygens (including phenoxy) is 2. The van der Waals surface area contributed by atoms with Crippen molar-refractivity contribution in [1.82, 2.24) is 10.6 Å². The zero-order valence-electron chi connectivity index (χ0n) is 10.9. The lowest BCUT2D eigenvalue weighted by atomic mass is 9.85. The minimum absolute atomic E-state index is 0.0329. The number of carbonyl (C=O) groups excluding carboxylic acids is 2. The average molecular weight is 274 g/mol.